The second-order valence-electron chi connectivity index (χ2n) is 5.77. The zero-order valence-electron chi connectivity index (χ0n) is 14.6. The normalized spacial score (nSPS) is 16.4. The Morgan fingerprint density at radius 3 is 2.42 bits per heavy atom. The van der Waals surface area contributed by atoms with Crippen LogP contribution in [-0.2, 0) is 6.42 Å². The van der Waals surface area contributed by atoms with E-state index in [4.69, 9.17) is 14.2 Å². The van der Waals surface area contributed by atoms with Crippen molar-refractivity contribution in [2.45, 2.75) is 26.3 Å². The summed E-state index contributed by atoms with van der Waals surface area (Å²) >= 11 is 0. The van der Waals surface area contributed by atoms with E-state index in [2.05, 4.69) is 29.6 Å². The first-order chi connectivity index (χ1) is 11.8. The lowest BCUT2D eigenvalue weighted by molar-refractivity contribution is 0.309. The standard InChI is InChI=1S/C20H25NO3/c1-4-23-16-8-6-14(7-9-16)20-17-13-18(22-3)19(24-5-2)12-15(17)10-11-21-20/h6-9,12-13,20-21H,4-5,10-11H2,1-3H3. The van der Waals surface area contributed by atoms with E-state index in [1.165, 1.54) is 16.7 Å². The lowest BCUT2D eigenvalue weighted by Crippen LogP contribution is -2.30. The van der Waals surface area contributed by atoms with E-state index < -0.39 is 0 Å². The van der Waals surface area contributed by atoms with Crippen LogP contribution < -0.4 is 19.5 Å². The first-order valence-electron chi connectivity index (χ1n) is 8.56. The summed E-state index contributed by atoms with van der Waals surface area (Å²) in [6.45, 7) is 6.25. The van der Waals surface area contributed by atoms with Crippen LogP contribution in [0.3, 0.4) is 0 Å². The number of hydrogen-bond donors (Lipinski definition) is 1. The third-order valence-corrected chi connectivity index (χ3v) is 4.30. The molecule has 0 bridgehead atoms. The molecule has 0 amide bonds. The Balaban J connectivity index is 1.95. The second-order valence-corrected chi connectivity index (χ2v) is 5.77. The summed E-state index contributed by atoms with van der Waals surface area (Å²) in [5.74, 6) is 2.52. The van der Waals surface area contributed by atoms with E-state index >= 15 is 0 Å². The zero-order valence-corrected chi connectivity index (χ0v) is 14.6. The van der Waals surface area contributed by atoms with Gasteiger partial charge in [0, 0.05) is 6.54 Å². The molecule has 4 nitrogen and oxygen atoms in total. The van der Waals surface area contributed by atoms with Crippen LogP contribution in [0.1, 0.15) is 36.6 Å². The summed E-state index contributed by atoms with van der Waals surface area (Å²) in [5, 5.41) is 3.61. The molecule has 0 spiro atoms. The SMILES string of the molecule is CCOc1ccc(C2NCCc3cc(OCC)c(OC)cc32)cc1. The molecule has 1 unspecified atom stereocenters. The predicted octanol–water partition coefficient (Wildman–Crippen LogP) is 3.73. The van der Waals surface area contributed by atoms with E-state index in [1.807, 2.05) is 26.0 Å². The Hall–Kier alpha value is -2.20. The summed E-state index contributed by atoms with van der Waals surface area (Å²) in [4.78, 5) is 0. The van der Waals surface area contributed by atoms with Crippen molar-refractivity contribution in [1.82, 2.24) is 5.32 Å². The molecular formula is C20H25NO3. The number of ether oxygens (including phenoxy) is 3. The van der Waals surface area contributed by atoms with E-state index in [0.717, 1.165) is 30.2 Å². The van der Waals surface area contributed by atoms with Crippen LogP contribution >= 0.6 is 0 Å². The van der Waals surface area contributed by atoms with Gasteiger partial charge in [-0.25, -0.2) is 0 Å². The van der Waals surface area contributed by atoms with Crippen molar-refractivity contribution < 1.29 is 14.2 Å². The van der Waals surface area contributed by atoms with Crippen molar-refractivity contribution in [3.05, 3.63) is 53.1 Å². The zero-order chi connectivity index (χ0) is 16.9. The van der Waals surface area contributed by atoms with Gasteiger partial charge in [-0.3, -0.25) is 0 Å². The maximum Gasteiger partial charge on any atom is 0.161 e. The largest absolute Gasteiger partial charge is 0.494 e. The topological polar surface area (TPSA) is 39.7 Å². The van der Waals surface area contributed by atoms with Gasteiger partial charge in [0.25, 0.3) is 0 Å². The fourth-order valence-electron chi connectivity index (χ4n) is 3.21. The van der Waals surface area contributed by atoms with Crippen molar-refractivity contribution in [1.29, 1.82) is 0 Å². The fourth-order valence-corrected chi connectivity index (χ4v) is 3.21. The highest BCUT2D eigenvalue weighted by atomic mass is 16.5. The quantitative estimate of drug-likeness (QED) is 0.877. The van der Waals surface area contributed by atoms with Crippen molar-refractivity contribution in [3.63, 3.8) is 0 Å². The molecule has 0 aromatic heterocycles. The van der Waals surface area contributed by atoms with Crippen LogP contribution in [0.25, 0.3) is 0 Å². The van der Waals surface area contributed by atoms with E-state index in [1.54, 1.807) is 7.11 Å². The summed E-state index contributed by atoms with van der Waals surface area (Å²) in [6.07, 6.45) is 0.993. The van der Waals surface area contributed by atoms with Crippen molar-refractivity contribution in [3.8, 4) is 17.2 Å². The van der Waals surface area contributed by atoms with Crippen molar-refractivity contribution in [2.24, 2.45) is 0 Å². The lowest BCUT2D eigenvalue weighted by Gasteiger charge is -2.28. The van der Waals surface area contributed by atoms with Gasteiger partial charge in [-0.05, 0) is 61.2 Å². The van der Waals surface area contributed by atoms with Crippen LogP contribution in [0, 0.1) is 0 Å². The first kappa shape index (κ1) is 16.7. The Bertz CT molecular complexity index is 682. The highest BCUT2D eigenvalue weighted by Crippen LogP contribution is 2.37. The predicted molar refractivity (Wildman–Crippen MR) is 95.3 cm³/mol. The summed E-state index contributed by atoms with van der Waals surface area (Å²) in [5.41, 5.74) is 3.80. The van der Waals surface area contributed by atoms with Gasteiger partial charge in [0.2, 0.25) is 0 Å². The van der Waals surface area contributed by atoms with Gasteiger partial charge < -0.3 is 19.5 Å². The molecular weight excluding hydrogens is 302 g/mol. The second kappa shape index (κ2) is 7.58. The number of nitrogens with one attached hydrogen (secondary N) is 1. The molecule has 0 radical (unpaired) electrons. The molecule has 0 aliphatic carbocycles. The molecule has 1 aliphatic rings. The molecule has 4 heteroatoms. The molecule has 24 heavy (non-hydrogen) atoms. The summed E-state index contributed by atoms with van der Waals surface area (Å²) in [6, 6.07) is 12.7. The van der Waals surface area contributed by atoms with Crippen LogP contribution in [0.2, 0.25) is 0 Å². The van der Waals surface area contributed by atoms with E-state index in [9.17, 15) is 0 Å². The molecule has 2 aromatic rings. The molecule has 0 saturated carbocycles. The van der Waals surface area contributed by atoms with Gasteiger partial charge in [-0.2, -0.15) is 0 Å². The molecule has 1 heterocycles. The lowest BCUT2D eigenvalue weighted by atomic mass is 9.89. The summed E-state index contributed by atoms with van der Waals surface area (Å²) in [7, 11) is 1.69. The van der Waals surface area contributed by atoms with Gasteiger partial charge in [-0.15, -0.1) is 0 Å². The first-order valence-corrected chi connectivity index (χ1v) is 8.56. The average Bonchev–Trinajstić information content (AvgIpc) is 2.62. The molecule has 0 saturated heterocycles. The minimum absolute atomic E-state index is 0.161. The molecule has 128 valence electrons. The van der Waals surface area contributed by atoms with Gasteiger partial charge in [0.1, 0.15) is 5.75 Å². The third-order valence-electron chi connectivity index (χ3n) is 4.30. The van der Waals surface area contributed by atoms with Crippen LogP contribution in [0.5, 0.6) is 17.2 Å². The molecule has 1 atom stereocenters. The van der Waals surface area contributed by atoms with Gasteiger partial charge in [-0.1, -0.05) is 12.1 Å². The summed E-state index contributed by atoms with van der Waals surface area (Å²) < 4.78 is 16.8. The third kappa shape index (κ3) is 3.34. The van der Waals surface area contributed by atoms with Crippen LogP contribution in [0.15, 0.2) is 36.4 Å². The number of rotatable bonds is 6. The van der Waals surface area contributed by atoms with Crippen LogP contribution in [-0.4, -0.2) is 26.9 Å². The molecule has 1 N–H and O–H groups in total. The number of hydrogen-bond acceptors (Lipinski definition) is 4. The fraction of sp³-hybridized carbons (Fsp3) is 0.400. The smallest absolute Gasteiger partial charge is 0.161 e. The monoisotopic (exact) mass is 327 g/mol. The van der Waals surface area contributed by atoms with Crippen LogP contribution in [0.4, 0.5) is 0 Å². The molecule has 0 fully saturated rings. The molecule has 2 aromatic carbocycles. The number of benzene rings is 2. The Morgan fingerprint density at radius 1 is 1.00 bits per heavy atom. The van der Waals surface area contributed by atoms with Crippen molar-refractivity contribution >= 4 is 0 Å². The van der Waals surface area contributed by atoms with Gasteiger partial charge in [0.05, 0.1) is 26.4 Å². The van der Waals surface area contributed by atoms with Crippen molar-refractivity contribution in [2.75, 3.05) is 26.9 Å². The minimum atomic E-state index is 0.161. The minimum Gasteiger partial charge on any atom is -0.494 e. The number of fused-ring (bicyclic) bond motifs is 1. The highest BCUT2D eigenvalue weighted by Gasteiger charge is 2.24. The number of methoxy groups -OCH3 is 1. The molecule has 1 aliphatic heterocycles. The highest BCUT2D eigenvalue weighted by molar-refractivity contribution is 5.51. The Labute approximate surface area is 143 Å². The van der Waals surface area contributed by atoms with Gasteiger partial charge in [0.15, 0.2) is 11.5 Å². The molecule has 3 rings (SSSR count). The Kier molecular flexibility index (Phi) is 5.26. The average molecular weight is 327 g/mol. The van der Waals surface area contributed by atoms with Gasteiger partial charge >= 0.3 is 0 Å². The van der Waals surface area contributed by atoms with E-state index in [0.29, 0.717) is 13.2 Å². The maximum atomic E-state index is 5.72. The van der Waals surface area contributed by atoms with E-state index in [-0.39, 0.29) is 6.04 Å². The Morgan fingerprint density at radius 2 is 1.75 bits per heavy atom. The maximum absolute atomic E-state index is 5.72.